The molecule has 0 saturated heterocycles. The van der Waals surface area contributed by atoms with Crippen LogP contribution in [0.15, 0.2) is 63.5 Å². The Morgan fingerprint density at radius 2 is 1.92 bits per heavy atom. The van der Waals surface area contributed by atoms with Crippen LogP contribution in [0, 0.1) is 28.4 Å². The summed E-state index contributed by atoms with van der Waals surface area (Å²) in [4.78, 5) is 10.3. The van der Waals surface area contributed by atoms with E-state index in [0.29, 0.717) is 22.7 Å². The Kier molecular flexibility index (Phi) is 5.01. The largest absolute Gasteiger partial charge is 0.457 e. The maximum atomic E-state index is 10.7. The third kappa shape index (κ3) is 3.73. The number of nitrogens with zero attached hydrogens (tertiary/aromatic N) is 2. The zero-order valence-corrected chi connectivity index (χ0v) is 15.4. The molecule has 0 aliphatic rings. The molecule has 0 bridgehead atoms. The molecule has 2 aromatic carbocycles. The van der Waals surface area contributed by atoms with Gasteiger partial charge in [-0.2, -0.15) is 5.26 Å². The summed E-state index contributed by atoms with van der Waals surface area (Å²) in [6, 6.07) is 17.5. The SMILES string of the molecule is Cc1ccc(-c2ccc(/C=C(/C#N)c3ccc([N+](=O)[O-])cc3)o2)c(Br)c1. The lowest BCUT2D eigenvalue weighted by atomic mass is 10.1. The van der Waals surface area contributed by atoms with E-state index in [1.165, 1.54) is 12.1 Å². The average Bonchev–Trinajstić information content (AvgIpc) is 3.08. The monoisotopic (exact) mass is 408 g/mol. The second-order valence-electron chi connectivity index (χ2n) is 5.66. The zero-order chi connectivity index (χ0) is 18.7. The van der Waals surface area contributed by atoms with E-state index in [2.05, 4.69) is 22.0 Å². The van der Waals surface area contributed by atoms with Crippen molar-refractivity contribution in [3.63, 3.8) is 0 Å². The van der Waals surface area contributed by atoms with E-state index in [1.54, 1.807) is 24.3 Å². The van der Waals surface area contributed by atoms with Gasteiger partial charge in [-0.15, -0.1) is 0 Å². The molecule has 0 atom stereocenters. The minimum atomic E-state index is -0.474. The first-order chi connectivity index (χ1) is 12.5. The lowest BCUT2D eigenvalue weighted by molar-refractivity contribution is -0.384. The highest BCUT2D eigenvalue weighted by Crippen LogP contribution is 2.31. The summed E-state index contributed by atoms with van der Waals surface area (Å²) in [6.45, 7) is 2.01. The Morgan fingerprint density at radius 1 is 1.19 bits per heavy atom. The topological polar surface area (TPSA) is 80.1 Å². The molecule has 0 N–H and O–H groups in total. The molecule has 0 radical (unpaired) electrons. The van der Waals surface area contributed by atoms with Crippen LogP contribution in [0.3, 0.4) is 0 Å². The predicted octanol–water partition coefficient (Wildman–Crippen LogP) is 5.99. The van der Waals surface area contributed by atoms with Gasteiger partial charge >= 0.3 is 0 Å². The molecule has 128 valence electrons. The molecule has 0 spiro atoms. The number of hydrogen-bond donors (Lipinski definition) is 0. The lowest BCUT2D eigenvalue weighted by Crippen LogP contribution is -1.88. The van der Waals surface area contributed by atoms with E-state index in [9.17, 15) is 15.4 Å². The fraction of sp³-hybridized carbons (Fsp3) is 0.0500. The van der Waals surface area contributed by atoms with E-state index in [4.69, 9.17) is 4.42 Å². The molecule has 0 amide bonds. The van der Waals surface area contributed by atoms with Crippen molar-refractivity contribution in [1.82, 2.24) is 0 Å². The Balaban J connectivity index is 1.92. The van der Waals surface area contributed by atoms with Crippen LogP contribution >= 0.6 is 15.9 Å². The summed E-state index contributed by atoms with van der Waals surface area (Å²) in [6.07, 6.45) is 1.62. The first-order valence-electron chi connectivity index (χ1n) is 7.71. The number of allylic oxidation sites excluding steroid dienone is 1. The second kappa shape index (κ2) is 7.38. The number of non-ortho nitro benzene ring substituents is 1. The van der Waals surface area contributed by atoms with Crippen LogP contribution in [-0.4, -0.2) is 4.92 Å². The third-order valence-corrected chi connectivity index (χ3v) is 4.47. The van der Waals surface area contributed by atoms with Crippen molar-refractivity contribution in [3.8, 4) is 17.4 Å². The average molecular weight is 409 g/mol. The van der Waals surface area contributed by atoms with Crippen molar-refractivity contribution in [2.45, 2.75) is 6.92 Å². The number of nitro benzene ring substituents is 1. The first-order valence-corrected chi connectivity index (χ1v) is 8.50. The second-order valence-corrected chi connectivity index (χ2v) is 6.51. The van der Waals surface area contributed by atoms with Crippen LogP contribution < -0.4 is 0 Å². The minimum Gasteiger partial charge on any atom is -0.457 e. The maximum Gasteiger partial charge on any atom is 0.269 e. The molecule has 6 heteroatoms. The molecule has 1 heterocycles. The fourth-order valence-corrected chi connectivity index (χ4v) is 3.17. The highest BCUT2D eigenvalue weighted by Gasteiger charge is 2.10. The molecule has 5 nitrogen and oxygen atoms in total. The van der Waals surface area contributed by atoms with Crippen LogP contribution in [0.25, 0.3) is 23.0 Å². The highest BCUT2D eigenvalue weighted by molar-refractivity contribution is 9.10. The van der Waals surface area contributed by atoms with Crippen molar-refractivity contribution in [2.75, 3.05) is 0 Å². The molecular formula is C20H13BrN2O3. The van der Waals surface area contributed by atoms with Gasteiger partial charge in [0, 0.05) is 22.2 Å². The molecule has 3 rings (SSSR count). The summed E-state index contributed by atoms with van der Waals surface area (Å²) in [5, 5.41) is 20.2. The van der Waals surface area contributed by atoms with Crippen molar-refractivity contribution in [2.24, 2.45) is 0 Å². The number of nitriles is 1. The summed E-state index contributed by atoms with van der Waals surface area (Å²) in [5.41, 5.74) is 2.99. The molecule has 0 fully saturated rings. The normalized spacial score (nSPS) is 11.2. The smallest absolute Gasteiger partial charge is 0.269 e. The Morgan fingerprint density at radius 3 is 2.54 bits per heavy atom. The maximum absolute atomic E-state index is 10.7. The number of benzene rings is 2. The quantitative estimate of drug-likeness (QED) is 0.301. The lowest BCUT2D eigenvalue weighted by Gasteiger charge is -2.02. The molecule has 0 unspecified atom stereocenters. The van der Waals surface area contributed by atoms with Gasteiger partial charge in [-0.05, 0) is 60.5 Å². The molecule has 1 aromatic heterocycles. The minimum absolute atomic E-state index is 0.0180. The van der Waals surface area contributed by atoms with Crippen molar-refractivity contribution in [1.29, 1.82) is 5.26 Å². The zero-order valence-electron chi connectivity index (χ0n) is 13.8. The number of nitro groups is 1. The summed E-state index contributed by atoms with van der Waals surface area (Å²) in [5.74, 6) is 1.21. The van der Waals surface area contributed by atoms with Gasteiger partial charge < -0.3 is 4.42 Å². The van der Waals surface area contributed by atoms with Crippen LogP contribution in [0.4, 0.5) is 5.69 Å². The highest BCUT2D eigenvalue weighted by atomic mass is 79.9. The number of furan rings is 1. The molecule has 0 aliphatic heterocycles. The van der Waals surface area contributed by atoms with Gasteiger partial charge in [-0.25, -0.2) is 0 Å². The van der Waals surface area contributed by atoms with Crippen LogP contribution in [0.2, 0.25) is 0 Å². The Labute approximate surface area is 158 Å². The number of aryl methyl sites for hydroxylation is 1. The molecule has 0 aliphatic carbocycles. The van der Waals surface area contributed by atoms with Crippen molar-refractivity contribution < 1.29 is 9.34 Å². The van der Waals surface area contributed by atoms with E-state index in [1.807, 2.05) is 31.2 Å². The number of hydrogen-bond acceptors (Lipinski definition) is 4. The van der Waals surface area contributed by atoms with Crippen LogP contribution in [-0.2, 0) is 0 Å². The van der Waals surface area contributed by atoms with Crippen LogP contribution in [0.5, 0.6) is 0 Å². The summed E-state index contributed by atoms with van der Waals surface area (Å²) < 4.78 is 6.77. The van der Waals surface area contributed by atoms with Gasteiger partial charge in [0.05, 0.1) is 16.6 Å². The first kappa shape index (κ1) is 17.6. The van der Waals surface area contributed by atoms with Crippen molar-refractivity contribution >= 4 is 33.3 Å². The van der Waals surface area contributed by atoms with Gasteiger partial charge in [-0.3, -0.25) is 10.1 Å². The fourth-order valence-electron chi connectivity index (χ4n) is 2.48. The standard InChI is InChI=1S/C20H13BrN2O3/c1-13-2-8-18(19(21)10-13)20-9-7-17(26-20)11-15(12-22)14-3-5-16(6-4-14)23(24)25/h2-11H,1H3/b15-11-. The summed E-state index contributed by atoms with van der Waals surface area (Å²) in [7, 11) is 0. The van der Waals surface area contributed by atoms with Gasteiger partial charge in [0.15, 0.2) is 0 Å². The van der Waals surface area contributed by atoms with E-state index < -0.39 is 4.92 Å². The number of halogens is 1. The predicted molar refractivity (Wildman–Crippen MR) is 103 cm³/mol. The third-order valence-electron chi connectivity index (χ3n) is 3.81. The van der Waals surface area contributed by atoms with E-state index in [0.717, 1.165) is 15.6 Å². The van der Waals surface area contributed by atoms with E-state index >= 15 is 0 Å². The Bertz CT molecular complexity index is 1040. The molecule has 26 heavy (non-hydrogen) atoms. The molecule has 0 saturated carbocycles. The Hall–Kier alpha value is -3.17. The van der Waals surface area contributed by atoms with E-state index in [-0.39, 0.29) is 5.69 Å². The molecule has 3 aromatic rings. The van der Waals surface area contributed by atoms with Gasteiger partial charge in [0.25, 0.3) is 5.69 Å². The molecular weight excluding hydrogens is 396 g/mol. The summed E-state index contributed by atoms with van der Waals surface area (Å²) >= 11 is 3.53. The van der Waals surface area contributed by atoms with Gasteiger partial charge in [-0.1, -0.05) is 22.0 Å². The van der Waals surface area contributed by atoms with Crippen molar-refractivity contribution in [3.05, 3.63) is 86.1 Å². The van der Waals surface area contributed by atoms with Gasteiger partial charge in [0.2, 0.25) is 0 Å². The van der Waals surface area contributed by atoms with Gasteiger partial charge in [0.1, 0.15) is 11.5 Å². The number of rotatable bonds is 4. The van der Waals surface area contributed by atoms with Crippen LogP contribution in [0.1, 0.15) is 16.9 Å².